The van der Waals surface area contributed by atoms with Gasteiger partial charge in [-0.3, -0.25) is 4.79 Å². The lowest BCUT2D eigenvalue weighted by Crippen LogP contribution is -2.33. The van der Waals surface area contributed by atoms with Crippen molar-refractivity contribution in [2.24, 2.45) is 5.73 Å². The standard InChI is InChI=1S/C12H18N2O.ClH/c1-2-11(12(15)14-9-8-13)10-6-4-3-5-7-10;/h3-7,11H,2,8-9,13H2,1H3,(H,14,15);1H. The zero-order chi connectivity index (χ0) is 11.1. The van der Waals surface area contributed by atoms with Gasteiger partial charge in [-0.05, 0) is 12.0 Å². The van der Waals surface area contributed by atoms with E-state index < -0.39 is 0 Å². The fraction of sp³-hybridized carbons (Fsp3) is 0.417. The molecule has 0 bridgehead atoms. The number of hydrogen-bond acceptors (Lipinski definition) is 2. The van der Waals surface area contributed by atoms with Crippen LogP contribution >= 0.6 is 12.4 Å². The van der Waals surface area contributed by atoms with Crippen LogP contribution in [0.25, 0.3) is 0 Å². The fourth-order valence-electron chi connectivity index (χ4n) is 1.58. The third-order valence-corrected chi connectivity index (χ3v) is 2.37. The Labute approximate surface area is 103 Å². The van der Waals surface area contributed by atoms with E-state index in [0.717, 1.165) is 12.0 Å². The molecule has 1 aromatic carbocycles. The SMILES string of the molecule is CCC(C(=O)NCCN)c1ccccc1.Cl. The predicted molar refractivity (Wildman–Crippen MR) is 68.8 cm³/mol. The van der Waals surface area contributed by atoms with Crippen LogP contribution in [0.5, 0.6) is 0 Å². The average Bonchev–Trinajstić information content (AvgIpc) is 2.29. The molecule has 3 N–H and O–H groups in total. The van der Waals surface area contributed by atoms with E-state index in [-0.39, 0.29) is 24.2 Å². The molecular formula is C12H19ClN2O. The summed E-state index contributed by atoms with van der Waals surface area (Å²) in [7, 11) is 0. The molecule has 90 valence electrons. The van der Waals surface area contributed by atoms with Gasteiger partial charge in [-0.1, -0.05) is 37.3 Å². The van der Waals surface area contributed by atoms with Crippen LogP contribution in [0, 0.1) is 0 Å². The van der Waals surface area contributed by atoms with Crippen LogP contribution < -0.4 is 11.1 Å². The summed E-state index contributed by atoms with van der Waals surface area (Å²) >= 11 is 0. The molecule has 1 aromatic rings. The van der Waals surface area contributed by atoms with Crippen LogP contribution in [0.4, 0.5) is 0 Å². The van der Waals surface area contributed by atoms with Gasteiger partial charge in [0.2, 0.25) is 5.91 Å². The molecule has 1 rings (SSSR count). The van der Waals surface area contributed by atoms with E-state index in [2.05, 4.69) is 5.32 Å². The van der Waals surface area contributed by atoms with E-state index in [4.69, 9.17) is 5.73 Å². The van der Waals surface area contributed by atoms with E-state index in [9.17, 15) is 4.79 Å². The van der Waals surface area contributed by atoms with Gasteiger partial charge >= 0.3 is 0 Å². The first kappa shape index (κ1) is 14.9. The zero-order valence-corrected chi connectivity index (χ0v) is 10.3. The van der Waals surface area contributed by atoms with Crippen molar-refractivity contribution in [2.75, 3.05) is 13.1 Å². The summed E-state index contributed by atoms with van der Waals surface area (Å²) in [5, 5.41) is 2.82. The second-order valence-corrected chi connectivity index (χ2v) is 3.45. The van der Waals surface area contributed by atoms with Crippen LogP contribution in [0.3, 0.4) is 0 Å². The van der Waals surface area contributed by atoms with Crippen molar-refractivity contribution in [3.05, 3.63) is 35.9 Å². The van der Waals surface area contributed by atoms with Gasteiger partial charge in [0.15, 0.2) is 0 Å². The normalized spacial score (nSPS) is 11.4. The summed E-state index contributed by atoms with van der Waals surface area (Å²) < 4.78 is 0. The Balaban J connectivity index is 0.00000225. The van der Waals surface area contributed by atoms with Crippen LogP contribution in [0.1, 0.15) is 24.8 Å². The van der Waals surface area contributed by atoms with Gasteiger partial charge < -0.3 is 11.1 Å². The summed E-state index contributed by atoms with van der Waals surface area (Å²) in [5.74, 6) is 0.00639. The number of nitrogens with one attached hydrogen (secondary N) is 1. The topological polar surface area (TPSA) is 55.1 Å². The monoisotopic (exact) mass is 242 g/mol. The quantitative estimate of drug-likeness (QED) is 0.826. The summed E-state index contributed by atoms with van der Waals surface area (Å²) in [5.41, 5.74) is 6.41. The molecule has 0 aliphatic carbocycles. The van der Waals surface area contributed by atoms with Gasteiger partial charge in [0, 0.05) is 13.1 Å². The average molecular weight is 243 g/mol. The van der Waals surface area contributed by atoms with E-state index in [1.54, 1.807) is 0 Å². The van der Waals surface area contributed by atoms with Crippen molar-refractivity contribution in [1.82, 2.24) is 5.32 Å². The molecule has 16 heavy (non-hydrogen) atoms. The van der Waals surface area contributed by atoms with Gasteiger partial charge in [-0.2, -0.15) is 0 Å². The summed E-state index contributed by atoms with van der Waals surface area (Å²) in [6.07, 6.45) is 0.806. The van der Waals surface area contributed by atoms with Crippen molar-refractivity contribution in [1.29, 1.82) is 0 Å². The molecule has 0 radical (unpaired) electrons. The Hall–Kier alpha value is -1.06. The van der Waals surface area contributed by atoms with E-state index in [1.165, 1.54) is 0 Å². The zero-order valence-electron chi connectivity index (χ0n) is 9.48. The molecule has 1 atom stereocenters. The minimum atomic E-state index is -0.0576. The molecule has 0 aromatic heterocycles. The number of rotatable bonds is 5. The molecule has 0 spiro atoms. The smallest absolute Gasteiger partial charge is 0.227 e. The second-order valence-electron chi connectivity index (χ2n) is 3.45. The molecule has 1 unspecified atom stereocenters. The van der Waals surface area contributed by atoms with Gasteiger partial charge in [0.25, 0.3) is 0 Å². The first-order chi connectivity index (χ1) is 7.29. The van der Waals surface area contributed by atoms with Crippen molar-refractivity contribution >= 4 is 18.3 Å². The number of benzene rings is 1. The van der Waals surface area contributed by atoms with Crippen LogP contribution in [0.2, 0.25) is 0 Å². The van der Waals surface area contributed by atoms with Gasteiger partial charge in [0.05, 0.1) is 5.92 Å². The number of carbonyl (C=O) groups is 1. The number of halogens is 1. The molecular weight excluding hydrogens is 224 g/mol. The molecule has 0 saturated carbocycles. The maximum absolute atomic E-state index is 11.8. The second kappa shape index (κ2) is 8.13. The van der Waals surface area contributed by atoms with Crippen molar-refractivity contribution in [3.63, 3.8) is 0 Å². The van der Waals surface area contributed by atoms with Gasteiger partial charge in [-0.25, -0.2) is 0 Å². The Morgan fingerprint density at radius 1 is 1.38 bits per heavy atom. The van der Waals surface area contributed by atoms with Crippen LogP contribution in [-0.2, 0) is 4.79 Å². The van der Waals surface area contributed by atoms with Crippen molar-refractivity contribution in [3.8, 4) is 0 Å². The Kier molecular flexibility index (Phi) is 7.60. The largest absolute Gasteiger partial charge is 0.354 e. The van der Waals surface area contributed by atoms with Crippen LogP contribution in [0.15, 0.2) is 30.3 Å². The molecule has 4 heteroatoms. The maximum atomic E-state index is 11.8. The molecule has 0 aliphatic heterocycles. The molecule has 0 heterocycles. The summed E-state index contributed by atoms with van der Waals surface area (Å²) in [6.45, 7) is 3.04. The lowest BCUT2D eigenvalue weighted by atomic mass is 9.96. The summed E-state index contributed by atoms with van der Waals surface area (Å²) in [6, 6.07) is 9.82. The Morgan fingerprint density at radius 2 is 2.00 bits per heavy atom. The highest BCUT2D eigenvalue weighted by molar-refractivity contribution is 5.85. The first-order valence-corrected chi connectivity index (χ1v) is 5.32. The van der Waals surface area contributed by atoms with Gasteiger partial charge in [0.1, 0.15) is 0 Å². The maximum Gasteiger partial charge on any atom is 0.227 e. The highest BCUT2D eigenvalue weighted by Gasteiger charge is 2.17. The number of amides is 1. The number of carbonyl (C=O) groups excluding carboxylic acids is 1. The highest BCUT2D eigenvalue weighted by Crippen LogP contribution is 2.18. The Morgan fingerprint density at radius 3 is 2.50 bits per heavy atom. The minimum absolute atomic E-state index is 0. The number of nitrogens with two attached hydrogens (primary N) is 1. The number of hydrogen-bond donors (Lipinski definition) is 2. The van der Waals surface area contributed by atoms with Crippen molar-refractivity contribution < 1.29 is 4.79 Å². The molecule has 0 aliphatic rings. The molecule has 0 fully saturated rings. The Bertz CT molecular complexity index is 303. The van der Waals surface area contributed by atoms with E-state index in [0.29, 0.717) is 13.1 Å². The van der Waals surface area contributed by atoms with Gasteiger partial charge in [-0.15, -0.1) is 12.4 Å². The highest BCUT2D eigenvalue weighted by atomic mass is 35.5. The molecule has 0 saturated heterocycles. The van der Waals surface area contributed by atoms with Crippen LogP contribution in [-0.4, -0.2) is 19.0 Å². The molecule has 3 nitrogen and oxygen atoms in total. The lowest BCUT2D eigenvalue weighted by Gasteiger charge is -2.14. The predicted octanol–water partition coefficient (Wildman–Crippen LogP) is 1.68. The first-order valence-electron chi connectivity index (χ1n) is 5.32. The molecule has 1 amide bonds. The fourth-order valence-corrected chi connectivity index (χ4v) is 1.58. The third-order valence-electron chi connectivity index (χ3n) is 2.37. The lowest BCUT2D eigenvalue weighted by molar-refractivity contribution is -0.122. The summed E-state index contributed by atoms with van der Waals surface area (Å²) in [4.78, 5) is 11.8. The third kappa shape index (κ3) is 4.21. The van der Waals surface area contributed by atoms with Crippen molar-refractivity contribution in [2.45, 2.75) is 19.3 Å². The van der Waals surface area contributed by atoms with E-state index in [1.807, 2.05) is 37.3 Å². The van der Waals surface area contributed by atoms with E-state index >= 15 is 0 Å². The minimum Gasteiger partial charge on any atom is -0.354 e.